The molecule has 0 saturated carbocycles. The Kier molecular flexibility index (Phi) is 3.25. The number of H-pyrrole nitrogens is 1. The predicted molar refractivity (Wildman–Crippen MR) is 106 cm³/mol. The monoisotopic (exact) mass is 338 g/mol. The van der Waals surface area contributed by atoms with Gasteiger partial charge in [0.25, 0.3) is 0 Å². The van der Waals surface area contributed by atoms with Crippen molar-refractivity contribution in [3.8, 4) is 22.5 Å². The van der Waals surface area contributed by atoms with Crippen LogP contribution in [0.4, 0.5) is 5.69 Å². The van der Waals surface area contributed by atoms with E-state index in [1.165, 1.54) is 22.4 Å². The number of pyridine rings is 1. The molecule has 0 radical (unpaired) electrons. The second-order valence-corrected chi connectivity index (χ2v) is 6.94. The average molecular weight is 338 g/mol. The van der Waals surface area contributed by atoms with E-state index >= 15 is 0 Å². The maximum Gasteiger partial charge on any atom is 0.140 e. The van der Waals surface area contributed by atoms with Crippen molar-refractivity contribution >= 4 is 22.4 Å². The first-order chi connectivity index (χ1) is 12.7. The third-order valence-electron chi connectivity index (χ3n) is 4.80. The molecule has 0 fully saturated rings. The van der Waals surface area contributed by atoms with Crippen LogP contribution in [0, 0.1) is 6.92 Å². The van der Waals surface area contributed by atoms with Crippen molar-refractivity contribution in [2.24, 2.45) is 4.99 Å². The summed E-state index contributed by atoms with van der Waals surface area (Å²) < 4.78 is 0. The summed E-state index contributed by atoms with van der Waals surface area (Å²) in [6.45, 7) is 4.12. The van der Waals surface area contributed by atoms with Gasteiger partial charge in [-0.1, -0.05) is 12.1 Å². The fraction of sp³-hybridized carbons (Fsp3) is 0.136. The number of rotatable bonds is 2. The highest BCUT2D eigenvalue weighted by Gasteiger charge is 2.13. The fourth-order valence-electron chi connectivity index (χ4n) is 3.55. The lowest BCUT2D eigenvalue weighted by Gasteiger charge is -2.04. The molecule has 26 heavy (non-hydrogen) atoms. The topological polar surface area (TPSA) is 53.9 Å². The van der Waals surface area contributed by atoms with Crippen molar-refractivity contribution in [3.63, 3.8) is 0 Å². The van der Waals surface area contributed by atoms with Gasteiger partial charge in [-0.3, -0.25) is 9.98 Å². The Balaban J connectivity index is 1.56. The van der Waals surface area contributed by atoms with Gasteiger partial charge < -0.3 is 4.98 Å². The molecule has 5 rings (SSSR count). The summed E-state index contributed by atoms with van der Waals surface area (Å²) in [5, 5.41) is 0. The Morgan fingerprint density at radius 1 is 0.885 bits per heavy atom. The smallest absolute Gasteiger partial charge is 0.140 e. The van der Waals surface area contributed by atoms with Crippen molar-refractivity contribution < 1.29 is 0 Å². The largest absolute Gasteiger partial charge is 0.338 e. The first-order valence-corrected chi connectivity index (χ1v) is 8.75. The molecule has 0 amide bonds. The van der Waals surface area contributed by atoms with Crippen LogP contribution in [0.15, 0.2) is 59.9 Å². The van der Waals surface area contributed by atoms with Gasteiger partial charge in [0.15, 0.2) is 0 Å². The van der Waals surface area contributed by atoms with Crippen LogP contribution >= 0.6 is 0 Å². The zero-order valence-corrected chi connectivity index (χ0v) is 14.7. The van der Waals surface area contributed by atoms with Crippen molar-refractivity contribution in [3.05, 3.63) is 66.0 Å². The van der Waals surface area contributed by atoms with E-state index in [1.807, 2.05) is 19.3 Å². The Bertz CT molecular complexity index is 1180. The number of aromatic amines is 1. The molecule has 0 saturated heterocycles. The normalized spacial score (nSPS) is 13.1. The van der Waals surface area contributed by atoms with Crippen molar-refractivity contribution in [1.82, 2.24) is 15.0 Å². The molecule has 1 aliphatic rings. The third kappa shape index (κ3) is 2.51. The summed E-state index contributed by atoms with van der Waals surface area (Å²) in [7, 11) is 0. The Labute approximate surface area is 151 Å². The molecular weight excluding hydrogens is 320 g/mol. The van der Waals surface area contributed by atoms with E-state index in [9.17, 15) is 0 Å². The van der Waals surface area contributed by atoms with Crippen LogP contribution in [0.25, 0.3) is 33.5 Å². The van der Waals surface area contributed by atoms with Crippen LogP contribution in [0.2, 0.25) is 0 Å². The van der Waals surface area contributed by atoms with Crippen LogP contribution in [-0.4, -0.2) is 20.7 Å². The van der Waals surface area contributed by atoms with Crippen LogP contribution in [0.1, 0.15) is 18.1 Å². The lowest BCUT2D eigenvalue weighted by atomic mass is 10.0. The minimum Gasteiger partial charge on any atom is -0.338 e. The lowest BCUT2D eigenvalue weighted by molar-refractivity contribution is 1.24. The number of benzene rings is 2. The zero-order valence-electron chi connectivity index (χ0n) is 14.7. The molecule has 0 bridgehead atoms. The fourth-order valence-corrected chi connectivity index (χ4v) is 3.55. The molecular formula is C22H18N4. The van der Waals surface area contributed by atoms with Gasteiger partial charge in [-0.15, -0.1) is 0 Å². The van der Waals surface area contributed by atoms with Gasteiger partial charge in [0, 0.05) is 30.1 Å². The first-order valence-electron chi connectivity index (χ1n) is 8.75. The van der Waals surface area contributed by atoms with E-state index in [0.29, 0.717) is 0 Å². The maximum atomic E-state index is 4.71. The Hall–Kier alpha value is -3.27. The SMILES string of the molecule is CC1=Nc2ccc(-c3ccc4nc(-c5cncc(C)c5)[nH]c4c3)cc2C1. The molecule has 0 atom stereocenters. The van der Waals surface area contributed by atoms with Crippen LogP contribution in [-0.2, 0) is 6.42 Å². The number of hydrogen-bond acceptors (Lipinski definition) is 3. The standard InChI is InChI=1S/C22H18N4/c1-13-7-18(12-23-11-13)22-25-20-6-4-16(10-21(20)26-22)15-3-5-19-17(9-15)8-14(2)24-19/h3-7,9-12H,8H2,1-2H3,(H,25,26). The van der Waals surface area contributed by atoms with Gasteiger partial charge in [-0.05, 0) is 66.4 Å². The average Bonchev–Trinajstić information content (AvgIpc) is 3.22. The number of nitrogens with zero attached hydrogens (tertiary/aromatic N) is 3. The molecule has 3 heterocycles. The van der Waals surface area contributed by atoms with Gasteiger partial charge in [0.2, 0.25) is 0 Å². The summed E-state index contributed by atoms with van der Waals surface area (Å²) >= 11 is 0. The highest BCUT2D eigenvalue weighted by Crippen LogP contribution is 2.32. The molecule has 1 N–H and O–H groups in total. The van der Waals surface area contributed by atoms with Crippen LogP contribution in [0.3, 0.4) is 0 Å². The molecule has 0 spiro atoms. The molecule has 0 aliphatic carbocycles. The van der Waals surface area contributed by atoms with E-state index in [-0.39, 0.29) is 0 Å². The molecule has 4 heteroatoms. The van der Waals surface area contributed by atoms with Gasteiger partial charge in [0.05, 0.1) is 16.7 Å². The number of imidazole rings is 1. The molecule has 4 aromatic rings. The third-order valence-corrected chi connectivity index (χ3v) is 4.80. The predicted octanol–water partition coefficient (Wildman–Crippen LogP) is 5.25. The summed E-state index contributed by atoms with van der Waals surface area (Å²) in [6, 6.07) is 15.0. The summed E-state index contributed by atoms with van der Waals surface area (Å²) in [5.41, 5.74) is 10.1. The zero-order chi connectivity index (χ0) is 17.7. The first kappa shape index (κ1) is 15.0. The number of aryl methyl sites for hydroxylation is 1. The number of nitrogens with one attached hydrogen (secondary N) is 1. The molecule has 1 aliphatic heterocycles. The van der Waals surface area contributed by atoms with Gasteiger partial charge in [-0.25, -0.2) is 4.98 Å². The molecule has 2 aromatic carbocycles. The van der Waals surface area contributed by atoms with Gasteiger partial charge in [0.1, 0.15) is 5.82 Å². The molecule has 0 unspecified atom stereocenters. The maximum absolute atomic E-state index is 4.71. The summed E-state index contributed by atoms with van der Waals surface area (Å²) in [4.78, 5) is 17.0. The number of fused-ring (bicyclic) bond motifs is 2. The number of hydrogen-bond donors (Lipinski definition) is 1. The van der Waals surface area contributed by atoms with Crippen LogP contribution in [0.5, 0.6) is 0 Å². The van der Waals surface area contributed by atoms with Crippen LogP contribution < -0.4 is 0 Å². The van der Waals surface area contributed by atoms with E-state index in [1.54, 1.807) is 0 Å². The van der Waals surface area contributed by atoms with E-state index in [4.69, 9.17) is 4.98 Å². The van der Waals surface area contributed by atoms with Crippen molar-refractivity contribution in [2.75, 3.05) is 0 Å². The number of aromatic nitrogens is 3. The Morgan fingerprint density at radius 2 is 1.73 bits per heavy atom. The molecule has 4 nitrogen and oxygen atoms in total. The lowest BCUT2D eigenvalue weighted by Crippen LogP contribution is -1.89. The van der Waals surface area contributed by atoms with E-state index in [0.717, 1.165) is 40.1 Å². The van der Waals surface area contributed by atoms with E-state index in [2.05, 4.69) is 64.3 Å². The second kappa shape index (κ2) is 5.63. The van der Waals surface area contributed by atoms with Gasteiger partial charge >= 0.3 is 0 Å². The Morgan fingerprint density at radius 3 is 2.62 bits per heavy atom. The molecule has 126 valence electrons. The number of aliphatic imine (C=N–C) groups is 1. The second-order valence-electron chi connectivity index (χ2n) is 6.94. The minimum atomic E-state index is 0.853. The highest BCUT2D eigenvalue weighted by atomic mass is 14.9. The minimum absolute atomic E-state index is 0.853. The van der Waals surface area contributed by atoms with Crippen molar-refractivity contribution in [1.29, 1.82) is 0 Å². The van der Waals surface area contributed by atoms with Crippen molar-refractivity contribution in [2.45, 2.75) is 20.3 Å². The quantitative estimate of drug-likeness (QED) is 0.543. The highest BCUT2D eigenvalue weighted by molar-refractivity contribution is 5.93. The summed E-state index contributed by atoms with van der Waals surface area (Å²) in [5.74, 6) is 0.853. The van der Waals surface area contributed by atoms with Gasteiger partial charge in [-0.2, -0.15) is 0 Å². The van der Waals surface area contributed by atoms with E-state index < -0.39 is 0 Å². The molecule has 2 aromatic heterocycles. The summed E-state index contributed by atoms with van der Waals surface area (Å²) in [6.07, 6.45) is 4.64.